The number of amides is 1. The van der Waals surface area contributed by atoms with Gasteiger partial charge in [-0.15, -0.1) is 0 Å². The molecule has 0 aromatic heterocycles. The Bertz CT molecular complexity index is 1060. The number of fused-ring (bicyclic) bond motifs is 1. The third-order valence-electron chi connectivity index (χ3n) is 5.90. The van der Waals surface area contributed by atoms with Gasteiger partial charge in [-0.2, -0.15) is 4.31 Å². The van der Waals surface area contributed by atoms with Crippen LogP contribution >= 0.6 is 0 Å². The minimum atomic E-state index is -3.52. The number of ether oxygens (including phenoxy) is 1. The number of anilines is 1. The fourth-order valence-electron chi connectivity index (χ4n) is 4.32. The Hall–Kier alpha value is -2.29. The number of hydrogen-bond acceptors (Lipinski definition) is 4. The van der Waals surface area contributed by atoms with Gasteiger partial charge < -0.3 is 9.64 Å². The molecule has 1 fully saturated rings. The number of rotatable bonds is 5. The van der Waals surface area contributed by atoms with E-state index in [1.54, 1.807) is 29.2 Å². The molecule has 0 radical (unpaired) electrons. The predicted molar refractivity (Wildman–Crippen MR) is 116 cm³/mol. The predicted octanol–water partition coefficient (Wildman–Crippen LogP) is 3.07. The van der Waals surface area contributed by atoms with Crippen LogP contribution in [0.5, 0.6) is 0 Å². The second-order valence-electron chi connectivity index (χ2n) is 8.04. The van der Waals surface area contributed by atoms with Crippen molar-refractivity contribution in [1.82, 2.24) is 4.31 Å². The van der Waals surface area contributed by atoms with E-state index >= 15 is 0 Å². The van der Waals surface area contributed by atoms with Gasteiger partial charge in [0.1, 0.15) is 5.82 Å². The van der Waals surface area contributed by atoms with E-state index in [2.05, 4.69) is 0 Å². The number of morpholine rings is 1. The molecular formula is C23H27FN2O4S. The molecule has 0 unspecified atom stereocenters. The fraction of sp³-hybridized carbons (Fsp3) is 0.435. The molecule has 2 aromatic carbocycles. The van der Waals surface area contributed by atoms with Gasteiger partial charge >= 0.3 is 0 Å². The van der Waals surface area contributed by atoms with Crippen LogP contribution in [0.3, 0.4) is 0 Å². The lowest BCUT2D eigenvalue weighted by atomic mass is 9.97. The minimum Gasteiger partial charge on any atom is -0.379 e. The second-order valence-corrected chi connectivity index (χ2v) is 9.98. The molecule has 0 aliphatic carbocycles. The molecule has 6 nitrogen and oxygen atoms in total. The standard InChI is InChI=1S/C23H27FN2O4S/c1-17-15-20(24)16-19-3-2-10-26(23(17)19)22(27)9-6-18-4-7-21(8-5-18)31(28,29)25-11-13-30-14-12-25/h4-5,7-8,15-16H,2-3,6,9-14H2,1H3. The Morgan fingerprint density at radius 2 is 1.81 bits per heavy atom. The molecule has 2 heterocycles. The van der Waals surface area contributed by atoms with Gasteiger partial charge in [-0.1, -0.05) is 12.1 Å². The lowest BCUT2D eigenvalue weighted by molar-refractivity contribution is -0.118. The van der Waals surface area contributed by atoms with Crippen LogP contribution in [0.4, 0.5) is 10.1 Å². The molecule has 2 aliphatic heterocycles. The van der Waals surface area contributed by atoms with Crippen molar-refractivity contribution in [1.29, 1.82) is 0 Å². The number of sulfonamides is 1. The SMILES string of the molecule is Cc1cc(F)cc2c1N(C(=O)CCc1ccc(S(=O)(=O)N3CCOCC3)cc1)CCC2. The zero-order chi connectivity index (χ0) is 22.0. The van der Waals surface area contributed by atoms with Crippen molar-refractivity contribution in [2.75, 3.05) is 37.7 Å². The third-order valence-corrected chi connectivity index (χ3v) is 7.81. The van der Waals surface area contributed by atoms with Gasteiger partial charge in [0.25, 0.3) is 0 Å². The van der Waals surface area contributed by atoms with Gasteiger partial charge in [-0.05, 0) is 67.1 Å². The number of hydrogen-bond donors (Lipinski definition) is 0. The van der Waals surface area contributed by atoms with Crippen LogP contribution in [0.2, 0.25) is 0 Å². The van der Waals surface area contributed by atoms with Crippen LogP contribution < -0.4 is 4.90 Å². The van der Waals surface area contributed by atoms with E-state index in [0.717, 1.165) is 35.2 Å². The van der Waals surface area contributed by atoms with Gasteiger partial charge in [-0.25, -0.2) is 12.8 Å². The Balaban J connectivity index is 1.42. The summed E-state index contributed by atoms with van der Waals surface area (Å²) in [6.45, 7) is 4.00. The van der Waals surface area contributed by atoms with Crippen molar-refractivity contribution >= 4 is 21.6 Å². The number of halogens is 1. The van der Waals surface area contributed by atoms with E-state index in [9.17, 15) is 17.6 Å². The van der Waals surface area contributed by atoms with Crippen molar-refractivity contribution in [3.05, 3.63) is 58.9 Å². The van der Waals surface area contributed by atoms with E-state index in [-0.39, 0.29) is 16.6 Å². The molecule has 1 saturated heterocycles. The lowest BCUT2D eigenvalue weighted by Crippen LogP contribution is -2.40. The van der Waals surface area contributed by atoms with Crippen molar-refractivity contribution in [3.63, 3.8) is 0 Å². The van der Waals surface area contributed by atoms with Crippen molar-refractivity contribution in [2.24, 2.45) is 0 Å². The lowest BCUT2D eigenvalue weighted by Gasteiger charge is -2.31. The highest BCUT2D eigenvalue weighted by atomic mass is 32.2. The van der Waals surface area contributed by atoms with Crippen LogP contribution in [0, 0.1) is 12.7 Å². The summed E-state index contributed by atoms with van der Waals surface area (Å²) in [7, 11) is -3.52. The van der Waals surface area contributed by atoms with Crippen molar-refractivity contribution in [3.8, 4) is 0 Å². The smallest absolute Gasteiger partial charge is 0.243 e. The number of carbonyl (C=O) groups is 1. The zero-order valence-corrected chi connectivity index (χ0v) is 18.5. The molecule has 0 bridgehead atoms. The first kappa shape index (κ1) is 21.9. The number of aryl methyl sites for hydroxylation is 3. The van der Waals surface area contributed by atoms with Gasteiger partial charge in [0.2, 0.25) is 15.9 Å². The summed E-state index contributed by atoms with van der Waals surface area (Å²) in [6.07, 6.45) is 2.42. The number of benzene rings is 2. The Morgan fingerprint density at radius 1 is 1.10 bits per heavy atom. The maximum Gasteiger partial charge on any atom is 0.243 e. The van der Waals surface area contributed by atoms with Crippen LogP contribution in [-0.4, -0.2) is 51.5 Å². The van der Waals surface area contributed by atoms with Gasteiger partial charge in [0, 0.05) is 31.7 Å². The molecular weight excluding hydrogens is 419 g/mol. The highest BCUT2D eigenvalue weighted by molar-refractivity contribution is 7.89. The highest BCUT2D eigenvalue weighted by Gasteiger charge is 2.27. The molecule has 2 aliphatic rings. The number of nitrogens with zero attached hydrogens (tertiary/aromatic N) is 2. The van der Waals surface area contributed by atoms with E-state index in [0.29, 0.717) is 45.7 Å². The minimum absolute atomic E-state index is 0.000623. The molecule has 4 rings (SSSR count). The van der Waals surface area contributed by atoms with Crippen molar-refractivity contribution in [2.45, 2.75) is 37.5 Å². The average Bonchev–Trinajstić information content (AvgIpc) is 2.77. The molecule has 1 amide bonds. The average molecular weight is 447 g/mol. The molecule has 0 saturated carbocycles. The summed E-state index contributed by atoms with van der Waals surface area (Å²) >= 11 is 0. The monoisotopic (exact) mass is 446 g/mol. The van der Waals surface area contributed by atoms with Crippen molar-refractivity contribution < 1.29 is 22.3 Å². The normalized spacial score (nSPS) is 17.4. The quantitative estimate of drug-likeness (QED) is 0.708. The van der Waals surface area contributed by atoms with Gasteiger partial charge in [-0.3, -0.25) is 4.79 Å². The fourth-order valence-corrected chi connectivity index (χ4v) is 5.73. The maximum absolute atomic E-state index is 13.7. The molecule has 31 heavy (non-hydrogen) atoms. The van der Waals surface area contributed by atoms with E-state index in [4.69, 9.17) is 4.74 Å². The van der Waals surface area contributed by atoms with Crippen LogP contribution in [0.15, 0.2) is 41.3 Å². The second kappa shape index (κ2) is 9.06. The van der Waals surface area contributed by atoms with Gasteiger partial charge in [0.05, 0.1) is 18.1 Å². The Kier molecular flexibility index (Phi) is 6.41. The maximum atomic E-state index is 13.7. The van der Waals surface area contributed by atoms with Gasteiger partial charge in [0.15, 0.2) is 0 Å². The zero-order valence-electron chi connectivity index (χ0n) is 17.6. The summed E-state index contributed by atoms with van der Waals surface area (Å²) in [5.41, 5.74) is 3.41. The number of carbonyl (C=O) groups excluding carboxylic acids is 1. The summed E-state index contributed by atoms with van der Waals surface area (Å²) in [5.74, 6) is -0.265. The van der Waals surface area contributed by atoms with Crippen LogP contribution in [-0.2, 0) is 32.4 Å². The summed E-state index contributed by atoms with van der Waals surface area (Å²) in [4.78, 5) is 14.9. The van der Waals surface area contributed by atoms with E-state index in [1.807, 2.05) is 6.92 Å². The molecule has 166 valence electrons. The Morgan fingerprint density at radius 3 is 2.52 bits per heavy atom. The summed E-state index contributed by atoms with van der Waals surface area (Å²) in [6, 6.07) is 9.74. The summed E-state index contributed by atoms with van der Waals surface area (Å²) in [5, 5.41) is 0. The van der Waals surface area contributed by atoms with E-state index in [1.165, 1.54) is 16.4 Å². The highest BCUT2D eigenvalue weighted by Crippen LogP contribution is 2.32. The van der Waals surface area contributed by atoms with Crippen LogP contribution in [0.1, 0.15) is 29.5 Å². The molecule has 2 aromatic rings. The molecule has 0 atom stereocenters. The topological polar surface area (TPSA) is 66.9 Å². The first-order valence-corrected chi connectivity index (χ1v) is 12.1. The first-order valence-electron chi connectivity index (χ1n) is 10.6. The molecule has 0 N–H and O–H groups in total. The van der Waals surface area contributed by atoms with Crippen LogP contribution in [0.25, 0.3) is 0 Å². The summed E-state index contributed by atoms with van der Waals surface area (Å²) < 4.78 is 45.9. The largest absolute Gasteiger partial charge is 0.379 e. The molecule has 0 spiro atoms. The Labute approximate surface area is 182 Å². The third kappa shape index (κ3) is 4.66. The first-order chi connectivity index (χ1) is 14.9. The van der Waals surface area contributed by atoms with E-state index < -0.39 is 10.0 Å². The molecule has 8 heteroatoms.